The summed E-state index contributed by atoms with van der Waals surface area (Å²) in [5.74, 6) is -1.16. The van der Waals surface area contributed by atoms with Gasteiger partial charge in [0.1, 0.15) is 0 Å². The van der Waals surface area contributed by atoms with Crippen LogP contribution in [0.25, 0.3) is 11.1 Å². The number of fused-ring (bicyclic) bond motifs is 2. The van der Waals surface area contributed by atoms with Crippen LogP contribution >= 0.6 is 12.4 Å². The molecule has 25 heavy (non-hydrogen) atoms. The van der Waals surface area contributed by atoms with E-state index in [1.807, 2.05) is 42.5 Å². The van der Waals surface area contributed by atoms with Crippen LogP contribution in [0.4, 0.5) is 0 Å². The van der Waals surface area contributed by atoms with E-state index in [-0.39, 0.29) is 24.0 Å². The minimum absolute atomic E-state index is 0. The van der Waals surface area contributed by atoms with Crippen LogP contribution in [-0.2, 0) is 4.79 Å². The number of halogens is 1. The van der Waals surface area contributed by atoms with Crippen LogP contribution in [0.1, 0.15) is 20.8 Å². The molecule has 0 spiro atoms. The number of nitrogens with two attached hydrogens (primary N) is 1. The molecule has 0 saturated carbocycles. The molecule has 134 valence electrons. The van der Waals surface area contributed by atoms with Crippen molar-refractivity contribution < 1.29 is 9.90 Å². The van der Waals surface area contributed by atoms with Gasteiger partial charge in [-0.2, -0.15) is 0 Å². The van der Waals surface area contributed by atoms with Crippen molar-refractivity contribution >= 4 is 29.5 Å². The SMILES string of the molecule is CCN(CC)C(C)C1(N)C=CC2=c3ccccc3=C(C(=O)[O-])C2=C1.Cl. The molecule has 0 radical (unpaired) electrons. The number of nitrogens with zero attached hydrogens (tertiary/aromatic N) is 1. The summed E-state index contributed by atoms with van der Waals surface area (Å²) < 4.78 is 0. The molecule has 5 heteroatoms. The largest absolute Gasteiger partial charge is 0.545 e. The van der Waals surface area contributed by atoms with Crippen LogP contribution in [0.15, 0.2) is 48.1 Å². The third-order valence-corrected chi connectivity index (χ3v) is 5.27. The number of carbonyl (C=O) groups is 1. The molecule has 1 aromatic rings. The van der Waals surface area contributed by atoms with Crippen LogP contribution in [0.3, 0.4) is 0 Å². The molecule has 1 aromatic carbocycles. The van der Waals surface area contributed by atoms with Gasteiger partial charge in [0.2, 0.25) is 0 Å². The van der Waals surface area contributed by atoms with E-state index < -0.39 is 11.5 Å². The Morgan fingerprint density at radius 2 is 1.84 bits per heavy atom. The summed E-state index contributed by atoms with van der Waals surface area (Å²) in [7, 11) is 0. The molecule has 0 amide bonds. The monoisotopic (exact) mass is 359 g/mol. The standard InChI is InChI=1S/C20H24N2O2.ClH/c1-4-22(5-2)13(3)20(21)11-10-15-14-8-6-7-9-16(14)18(19(23)24)17(15)12-20;/h6-13H,4-5,21H2,1-3H3,(H,23,24);1H/p-1. The van der Waals surface area contributed by atoms with Crippen molar-refractivity contribution in [3.05, 3.63) is 58.5 Å². The van der Waals surface area contributed by atoms with Gasteiger partial charge in [0.25, 0.3) is 0 Å². The molecule has 0 bridgehead atoms. The van der Waals surface area contributed by atoms with Gasteiger partial charge in [-0.3, -0.25) is 4.90 Å². The van der Waals surface area contributed by atoms with Crippen molar-refractivity contribution in [3.8, 4) is 0 Å². The third-order valence-electron chi connectivity index (χ3n) is 5.27. The number of aliphatic carboxylic acids is 1. The van der Waals surface area contributed by atoms with Crippen molar-refractivity contribution in [2.45, 2.75) is 32.4 Å². The van der Waals surface area contributed by atoms with Gasteiger partial charge in [-0.25, -0.2) is 0 Å². The summed E-state index contributed by atoms with van der Waals surface area (Å²) in [6, 6.07) is 7.59. The minimum atomic E-state index is -1.16. The van der Waals surface area contributed by atoms with Crippen molar-refractivity contribution in [2.75, 3.05) is 13.1 Å². The Bertz CT molecular complexity index is 868. The number of hydrogen-bond acceptors (Lipinski definition) is 4. The lowest BCUT2D eigenvalue weighted by Gasteiger charge is -2.40. The Hall–Kier alpha value is -1.88. The zero-order valence-electron chi connectivity index (χ0n) is 14.8. The van der Waals surface area contributed by atoms with Gasteiger partial charge in [-0.05, 0) is 41.6 Å². The first-order chi connectivity index (χ1) is 11.4. The molecule has 0 saturated heterocycles. The summed E-state index contributed by atoms with van der Waals surface area (Å²) >= 11 is 0. The van der Waals surface area contributed by atoms with Gasteiger partial charge in [-0.15, -0.1) is 12.4 Å². The summed E-state index contributed by atoms with van der Waals surface area (Å²) in [6.07, 6.45) is 5.85. The Balaban J connectivity index is 0.00000225. The molecule has 2 aliphatic carbocycles. The second-order valence-corrected chi connectivity index (χ2v) is 6.41. The fourth-order valence-corrected chi connectivity index (χ4v) is 3.78. The Kier molecular flexibility index (Phi) is 5.57. The summed E-state index contributed by atoms with van der Waals surface area (Å²) in [6.45, 7) is 8.07. The molecular weight excluding hydrogens is 336 g/mol. The van der Waals surface area contributed by atoms with Crippen molar-refractivity contribution in [1.82, 2.24) is 4.90 Å². The molecule has 0 fully saturated rings. The van der Waals surface area contributed by atoms with E-state index in [1.165, 1.54) is 0 Å². The predicted octanol–water partition coefficient (Wildman–Crippen LogP) is 0.0973. The second-order valence-electron chi connectivity index (χ2n) is 6.41. The van der Waals surface area contributed by atoms with E-state index in [0.29, 0.717) is 10.8 Å². The van der Waals surface area contributed by atoms with Crippen LogP contribution in [0.5, 0.6) is 0 Å². The maximum absolute atomic E-state index is 11.8. The van der Waals surface area contributed by atoms with Gasteiger partial charge in [0.05, 0.1) is 11.5 Å². The maximum Gasteiger partial charge on any atom is 0.0727 e. The fraction of sp³-hybridized carbons (Fsp3) is 0.350. The Morgan fingerprint density at radius 3 is 2.40 bits per heavy atom. The molecule has 2 unspecified atom stereocenters. The highest BCUT2D eigenvalue weighted by Crippen LogP contribution is 2.33. The molecule has 4 nitrogen and oxygen atoms in total. The van der Waals surface area contributed by atoms with Gasteiger partial charge in [0.15, 0.2) is 0 Å². The number of carboxylic acids is 1. The third kappa shape index (κ3) is 3.06. The normalized spacial score (nSPS) is 22.2. The lowest BCUT2D eigenvalue weighted by atomic mass is 9.81. The van der Waals surface area contributed by atoms with Crippen molar-refractivity contribution in [1.29, 1.82) is 0 Å². The van der Waals surface area contributed by atoms with Gasteiger partial charge < -0.3 is 15.6 Å². The van der Waals surface area contributed by atoms with Crippen LogP contribution in [0.2, 0.25) is 0 Å². The topological polar surface area (TPSA) is 69.4 Å². The van der Waals surface area contributed by atoms with E-state index in [0.717, 1.165) is 23.9 Å². The maximum atomic E-state index is 11.8. The molecule has 3 rings (SSSR count). The Morgan fingerprint density at radius 1 is 1.24 bits per heavy atom. The first-order valence-corrected chi connectivity index (χ1v) is 8.43. The number of carboxylic acid groups (broad SMARTS) is 1. The average Bonchev–Trinajstić information content (AvgIpc) is 2.89. The number of hydrogen-bond donors (Lipinski definition) is 1. The molecule has 0 heterocycles. The lowest BCUT2D eigenvalue weighted by molar-refractivity contribution is -0.295. The first kappa shape index (κ1) is 19.4. The van der Waals surface area contributed by atoms with Crippen LogP contribution in [0, 0.1) is 0 Å². The average molecular weight is 360 g/mol. The van der Waals surface area contributed by atoms with Gasteiger partial charge in [-0.1, -0.05) is 56.3 Å². The summed E-state index contributed by atoms with van der Waals surface area (Å²) in [5.41, 5.74) is 7.79. The van der Waals surface area contributed by atoms with E-state index in [9.17, 15) is 9.90 Å². The highest BCUT2D eigenvalue weighted by atomic mass is 35.5. The van der Waals surface area contributed by atoms with E-state index in [4.69, 9.17) is 5.73 Å². The highest BCUT2D eigenvalue weighted by Gasteiger charge is 2.35. The second kappa shape index (κ2) is 7.16. The number of carbonyl (C=O) groups excluding carboxylic acids is 1. The predicted molar refractivity (Wildman–Crippen MR) is 101 cm³/mol. The Labute approximate surface area is 154 Å². The highest BCUT2D eigenvalue weighted by molar-refractivity contribution is 6.21. The quantitative estimate of drug-likeness (QED) is 0.809. The summed E-state index contributed by atoms with van der Waals surface area (Å²) in [5, 5.41) is 13.4. The molecule has 0 aliphatic heterocycles. The molecule has 2 aliphatic rings. The fourth-order valence-electron chi connectivity index (χ4n) is 3.78. The van der Waals surface area contributed by atoms with Crippen molar-refractivity contribution in [3.63, 3.8) is 0 Å². The number of allylic oxidation sites excluding steroid dienone is 1. The van der Waals surface area contributed by atoms with Crippen LogP contribution in [-0.4, -0.2) is 35.5 Å². The van der Waals surface area contributed by atoms with Crippen molar-refractivity contribution in [2.24, 2.45) is 5.73 Å². The van der Waals surface area contributed by atoms with E-state index >= 15 is 0 Å². The molecule has 2 atom stereocenters. The zero-order valence-corrected chi connectivity index (χ0v) is 15.6. The van der Waals surface area contributed by atoms with Gasteiger partial charge in [0, 0.05) is 11.6 Å². The molecule has 2 N–H and O–H groups in total. The smallest absolute Gasteiger partial charge is 0.0727 e. The van der Waals surface area contributed by atoms with E-state index in [2.05, 4.69) is 25.7 Å². The number of rotatable bonds is 5. The number of likely N-dealkylation sites (N-methyl/N-ethyl adjacent to an activating group) is 1. The molecular formula is C20H24ClN2O2-. The summed E-state index contributed by atoms with van der Waals surface area (Å²) in [4.78, 5) is 14.0. The zero-order chi connectivity index (χ0) is 17.5. The number of benzene rings is 1. The lowest BCUT2D eigenvalue weighted by Crippen LogP contribution is -2.55. The first-order valence-electron chi connectivity index (χ1n) is 8.43. The van der Waals surface area contributed by atoms with E-state index in [1.54, 1.807) is 0 Å². The minimum Gasteiger partial charge on any atom is -0.545 e. The van der Waals surface area contributed by atoms with Crippen LogP contribution < -0.4 is 21.3 Å². The molecule has 0 aromatic heterocycles. The van der Waals surface area contributed by atoms with Gasteiger partial charge >= 0.3 is 0 Å².